The second-order valence-electron chi connectivity index (χ2n) is 10.8. The summed E-state index contributed by atoms with van der Waals surface area (Å²) in [7, 11) is 0. The Morgan fingerprint density at radius 3 is 1.90 bits per heavy atom. The number of carboxylic acid groups (broad SMARTS) is 1. The highest BCUT2D eigenvalue weighted by Gasteiger charge is 2.62. The summed E-state index contributed by atoms with van der Waals surface area (Å²) in [5.74, 6) is -0.115. The van der Waals surface area contributed by atoms with Crippen molar-refractivity contribution in [3.63, 3.8) is 0 Å². The van der Waals surface area contributed by atoms with Crippen LogP contribution in [0.1, 0.15) is 39.4 Å². The lowest BCUT2D eigenvalue weighted by Gasteiger charge is -2.13. The molecule has 5 atom stereocenters. The van der Waals surface area contributed by atoms with Crippen LogP contribution in [0.25, 0.3) is 0 Å². The number of benzene rings is 2. The molecule has 2 aliphatic carbocycles. The van der Waals surface area contributed by atoms with Crippen LogP contribution < -0.4 is 4.74 Å². The monoisotopic (exact) mass is 799 g/mol. The van der Waals surface area contributed by atoms with Gasteiger partial charge in [0.2, 0.25) is 6.10 Å². The van der Waals surface area contributed by atoms with Crippen molar-refractivity contribution >= 4 is 75.7 Å². The number of esters is 1. The van der Waals surface area contributed by atoms with E-state index >= 15 is 0 Å². The van der Waals surface area contributed by atoms with Crippen molar-refractivity contribution in [2.45, 2.75) is 33.8 Å². The molecule has 0 amide bonds. The largest absolute Gasteiger partial charge is 0.481 e. The molecule has 10 heteroatoms. The number of ether oxygens (including phenoxy) is 2. The third kappa shape index (κ3) is 8.09. The van der Waals surface area contributed by atoms with Gasteiger partial charge in [-0.3, -0.25) is 9.59 Å². The Morgan fingerprint density at radius 2 is 1.40 bits per heavy atom. The Bertz CT molecular complexity index is 1340. The fourth-order valence-electron chi connectivity index (χ4n) is 4.89. The van der Waals surface area contributed by atoms with E-state index in [1.165, 1.54) is 0 Å². The summed E-state index contributed by atoms with van der Waals surface area (Å²) >= 11 is 13.1. The topological polar surface area (TPSA) is 96.6 Å². The molecule has 0 heterocycles. The van der Waals surface area contributed by atoms with Gasteiger partial charge in [-0.25, -0.2) is 0 Å². The van der Waals surface area contributed by atoms with Gasteiger partial charge in [0.25, 0.3) is 0 Å². The number of allylic oxidation sites excluding steroid dienone is 2. The minimum Gasteiger partial charge on any atom is -0.481 e. The summed E-state index contributed by atoms with van der Waals surface area (Å²) in [4.78, 5) is 23.4. The van der Waals surface area contributed by atoms with E-state index in [0.717, 1.165) is 6.78 Å². The first-order valence-electron chi connectivity index (χ1n) is 12.4. The number of aliphatic carboxylic acids is 1. The molecule has 0 unspecified atom stereocenters. The minimum absolute atomic E-state index is 0.0563. The number of nitriles is 1. The summed E-state index contributed by atoms with van der Waals surface area (Å²) in [5, 5.41) is 18.4. The molecule has 2 aliphatic rings. The van der Waals surface area contributed by atoms with Crippen molar-refractivity contribution in [3.8, 4) is 17.6 Å². The van der Waals surface area contributed by atoms with Crippen molar-refractivity contribution in [1.82, 2.24) is 0 Å². The minimum atomic E-state index is -0.986. The summed E-state index contributed by atoms with van der Waals surface area (Å²) < 4.78 is 13.0. The molecule has 0 bridgehead atoms. The van der Waals surface area contributed by atoms with Crippen LogP contribution in [0.2, 0.25) is 0 Å². The Hall–Kier alpha value is -1.93. The molecule has 0 spiro atoms. The van der Waals surface area contributed by atoms with E-state index < -0.39 is 12.1 Å². The molecule has 4 rings (SSSR count). The van der Waals surface area contributed by atoms with Gasteiger partial charge < -0.3 is 14.6 Å². The van der Waals surface area contributed by atoms with Crippen molar-refractivity contribution in [3.05, 3.63) is 79.1 Å². The maximum Gasteiger partial charge on any atom is 0.311 e. The summed E-state index contributed by atoms with van der Waals surface area (Å²) in [5.41, 5.74) is 0.275. The molecular weight excluding hydrogens is 774 g/mol. The molecule has 6 nitrogen and oxygen atoms in total. The quantitative estimate of drug-likeness (QED) is 0.267. The molecular formula is C30H29Br4NO5. The number of carboxylic acids is 1. The third-order valence-electron chi connectivity index (χ3n) is 7.44. The maximum absolute atomic E-state index is 12.7. The van der Waals surface area contributed by atoms with Crippen LogP contribution in [0.5, 0.6) is 11.5 Å². The fraction of sp³-hybridized carbons (Fsp3) is 0.367. The van der Waals surface area contributed by atoms with E-state index in [0.29, 0.717) is 17.1 Å². The maximum atomic E-state index is 12.7. The van der Waals surface area contributed by atoms with Crippen molar-refractivity contribution in [1.29, 1.82) is 5.26 Å². The first-order valence-corrected chi connectivity index (χ1v) is 15.6. The van der Waals surface area contributed by atoms with Gasteiger partial charge in [0, 0.05) is 5.56 Å². The molecule has 2 aromatic carbocycles. The Morgan fingerprint density at radius 1 is 0.875 bits per heavy atom. The van der Waals surface area contributed by atoms with E-state index in [1.807, 2.05) is 70.2 Å². The van der Waals surface area contributed by atoms with Crippen molar-refractivity contribution < 1.29 is 24.2 Å². The molecule has 2 saturated carbocycles. The highest BCUT2D eigenvalue weighted by molar-refractivity contribution is 9.28. The molecule has 40 heavy (non-hydrogen) atoms. The predicted molar refractivity (Wildman–Crippen MR) is 168 cm³/mol. The van der Waals surface area contributed by atoms with E-state index in [-0.39, 0.29) is 40.5 Å². The molecule has 0 radical (unpaired) electrons. The molecule has 2 fully saturated rings. The summed E-state index contributed by atoms with van der Waals surface area (Å²) in [6.07, 6.45) is 2.86. The highest BCUT2D eigenvalue weighted by atomic mass is 79.9. The number of nitrogens with zero attached hydrogens (tertiary/aromatic N) is 1. The SMILES string of the molecule is CC1(C)[C@H](C(=O)O)[C@@H]1C=C(Br)Br.CC1(C)[C@H](C(=O)O[C@H](C#N)c2cccc(Oc3ccccc3)c2)[C@@H]1C=C(Br)Br. The van der Waals surface area contributed by atoms with Crippen LogP contribution in [0.15, 0.2) is 73.5 Å². The van der Waals surface area contributed by atoms with Gasteiger partial charge in [-0.2, -0.15) is 5.26 Å². The zero-order valence-electron chi connectivity index (χ0n) is 22.3. The second kappa shape index (κ2) is 13.4. The van der Waals surface area contributed by atoms with Gasteiger partial charge in [0.05, 0.1) is 18.6 Å². The van der Waals surface area contributed by atoms with Gasteiger partial charge in [-0.15, -0.1) is 0 Å². The Labute approximate surface area is 268 Å². The Balaban J connectivity index is 0.000000307. The number of hydrogen-bond donors (Lipinski definition) is 1. The third-order valence-corrected chi connectivity index (χ3v) is 8.50. The van der Waals surface area contributed by atoms with Gasteiger partial charge in [0.15, 0.2) is 0 Å². The average Bonchev–Trinajstić information content (AvgIpc) is 3.63. The first kappa shape index (κ1) is 32.6. The first-order chi connectivity index (χ1) is 18.7. The lowest BCUT2D eigenvalue weighted by molar-refractivity contribution is -0.149. The molecule has 2 aromatic rings. The number of carbonyl (C=O) groups excluding carboxylic acids is 1. The number of carbonyl (C=O) groups is 2. The van der Waals surface area contributed by atoms with Crippen molar-refractivity contribution in [2.24, 2.45) is 34.5 Å². The second-order valence-corrected chi connectivity index (χ2v) is 16.4. The van der Waals surface area contributed by atoms with Crippen molar-refractivity contribution in [2.75, 3.05) is 0 Å². The van der Waals surface area contributed by atoms with Gasteiger partial charge in [-0.05, 0) is 111 Å². The van der Waals surface area contributed by atoms with Gasteiger partial charge >= 0.3 is 11.9 Å². The summed E-state index contributed by atoms with van der Waals surface area (Å²) in [6.45, 7) is 7.96. The number of hydrogen-bond acceptors (Lipinski definition) is 5. The smallest absolute Gasteiger partial charge is 0.311 e. The molecule has 0 aliphatic heterocycles. The van der Waals surface area contributed by atoms with Crippen LogP contribution in [0.3, 0.4) is 0 Å². The fourth-order valence-corrected chi connectivity index (χ4v) is 6.03. The van der Waals surface area contributed by atoms with Gasteiger partial charge in [-0.1, -0.05) is 70.2 Å². The van der Waals surface area contributed by atoms with Crippen LogP contribution in [-0.4, -0.2) is 17.0 Å². The van der Waals surface area contributed by atoms with Gasteiger partial charge in [0.1, 0.15) is 17.6 Å². The number of halogens is 4. The zero-order chi connectivity index (χ0) is 29.8. The standard InChI is InChI=1S/C22H19Br2NO3.C8H10Br2O2/c1-22(2)17(12-19(23)24)20(22)21(26)28-18(13-25)14-7-6-10-16(11-14)27-15-8-4-3-5-9-15;1-8(2)4(3-5(9)10)6(8)7(11)12/h3-12,17-18,20H,1-2H3;3-4,6H,1-2H3,(H,11,12)/t17-,18+,20-;4-,6-/m00/s1. The lowest BCUT2D eigenvalue weighted by atomic mass is 10.1. The number of rotatable bonds is 8. The summed E-state index contributed by atoms with van der Waals surface area (Å²) in [6, 6.07) is 18.5. The van der Waals surface area contributed by atoms with Crippen LogP contribution in [-0.2, 0) is 14.3 Å². The van der Waals surface area contributed by atoms with E-state index in [1.54, 1.807) is 24.3 Å². The molecule has 0 aromatic heterocycles. The van der Waals surface area contributed by atoms with E-state index in [4.69, 9.17) is 14.6 Å². The highest BCUT2D eigenvalue weighted by Crippen LogP contribution is 2.61. The molecule has 0 saturated heterocycles. The molecule has 1 N–H and O–H groups in total. The predicted octanol–water partition coefficient (Wildman–Crippen LogP) is 9.46. The zero-order valence-corrected chi connectivity index (χ0v) is 28.6. The van der Waals surface area contributed by atoms with E-state index in [2.05, 4.69) is 69.8 Å². The Kier molecular flexibility index (Phi) is 10.9. The normalized spacial score (nSPS) is 23.6. The average molecular weight is 803 g/mol. The molecule has 212 valence electrons. The van der Waals surface area contributed by atoms with Crippen LogP contribution in [0.4, 0.5) is 0 Å². The van der Waals surface area contributed by atoms with Crippen LogP contribution in [0, 0.1) is 45.8 Å². The lowest BCUT2D eigenvalue weighted by Crippen LogP contribution is -2.14. The number of para-hydroxylation sites is 1. The van der Waals surface area contributed by atoms with Crippen LogP contribution >= 0.6 is 63.7 Å². The van der Waals surface area contributed by atoms with E-state index in [9.17, 15) is 14.9 Å².